The van der Waals surface area contributed by atoms with Crippen LogP contribution in [0, 0.1) is 12.3 Å². The maximum atomic E-state index is 12.9. The van der Waals surface area contributed by atoms with Crippen LogP contribution in [-0.2, 0) is 11.3 Å². The Morgan fingerprint density at radius 2 is 2.06 bits per heavy atom. The third kappa shape index (κ3) is 4.27. The molecule has 156 valence electrons. The Kier molecular flexibility index (Phi) is 6.25. The van der Waals surface area contributed by atoms with Crippen LogP contribution in [0.4, 0.5) is 0 Å². The fraction of sp³-hybridized carbons (Fsp3) is 0.240. The molecule has 0 spiro atoms. The van der Waals surface area contributed by atoms with E-state index >= 15 is 0 Å². The highest BCUT2D eigenvalue weighted by Gasteiger charge is 2.24. The maximum absolute atomic E-state index is 12.9. The topological polar surface area (TPSA) is 68.5 Å². The van der Waals surface area contributed by atoms with E-state index in [-0.39, 0.29) is 5.91 Å². The van der Waals surface area contributed by atoms with E-state index in [0.29, 0.717) is 32.1 Å². The van der Waals surface area contributed by atoms with E-state index in [1.54, 1.807) is 6.20 Å². The smallest absolute Gasteiger partial charge is 0.287 e. The minimum absolute atomic E-state index is 0.249. The number of ether oxygens (including phenoxy) is 1. The zero-order chi connectivity index (χ0) is 21.6. The maximum Gasteiger partial charge on any atom is 0.287 e. The number of carbonyl (C=O) groups is 1. The number of nitrogens with zero attached hydrogens (tertiary/aromatic N) is 3. The molecule has 0 fully saturated rings. The molecular weight excluding hydrogens is 388 g/mol. The van der Waals surface area contributed by atoms with Crippen LogP contribution in [0.2, 0.25) is 0 Å². The van der Waals surface area contributed by atoms with Crippen LogP contribution in [0.15, 0.2) is 59.7 Å². The molecule has 0 unspecified atom stereocenters. The molecule has 1 aromatic heterocycles. The van der Waals surface area contributed by atoms with Gasteiger partial charge in [0.25, 0.3) is 5.91 Å². The van der Waals surface area contributed by atoms with Crippen LogP contribution >= 0.6 is 0 Å². The lowest BCUT2D eigenvalue weighted by molar-refractivity contribution is 0.0904. The predicted molar refractivity (Wildman–Crippen MR) is 121 cm³/mol. The highest BCUT2D eigenvalue weighted by Crippen LogP contribution is 2.27. The number of rotatable bonds is 7. The molecule has 6 heteroatoms. The number of carbonyl (C=O) groups excluding carboxylic acids is 1. The molecule has 1 N–H and O–H groups in total. The summed E-state index contributed by atoms with van der Waals surface area (Å²) >= 11 is 0. The van der Waals surface area contributed by atoms with Gasteiger partial charge >= 0.3 is 0 Å². The van der Waals surface area contributed by atoms with Crippen molar-refractivity contribution >= 4 is 11.6 Å². The zero-order valence-electron chi connectivity index (χ0n) is 17.5. The first-order valence-electron chi connectivity index (χ1n) is 10.4. The molecule has 0 atom stereocenters. The summed E-state index contributed by atoms with van der Waals surface area (Å²) in [6.07, 6.45) is 8.32. The number of hydrogen-bond acceptors (Lipinski definition) is 4. The largest absolute Gasteiger partial charge is 0.380 e. The van der Waals surface area contributed by atoms with Gasteiger partial charge in [-0.05, 0) is 24.6 Å². The van der Waals surface area contributed by atoms with Gasteiger partial charge in [0.15, 0.2) is 0 Å². The number of hydrogen-bond donors (Lipinski definition) is 1. The molecule has 0 saturated heterocycles. The number of imidazole rings is 1. The van der Waals surface area contributed by atoms with Gasteiger partial charge in [-0.2, -0.15) is 0 Å². The lowest BCUT2D eigenvalue weighted by atomic mass is 9.98. The molecule has 2 aromatic carbocycles. The molecule has 1 aliphatic rings. The average molecular weight is 412 g/mol. The van der Waals surface area contributed by atoms with Gasteiger partial charge in [0.1, 0.15) is 0 Å². The van der Waals surface area contributed by atoms with Crippen molar-refractivity contribution in [2.24, 2.45) is 4.99 Å². The van der Waals surface area contributed by atoms with Crippen molar-refractivity contribution in [1.82, 2.24) is 14.9 Å². The van der Waals surface area contributed by atoms with Crippen molar-refractivity contribution in [3.05, 3.63) is 82.9 Å². The molecule has 2 heterocycles. The summed E-state index contributed by atoms with van der Waals surface area (Å²) in [5.41, 5.74) is 5.14. The second-order valence-corrected chi connectivity index (χ2v) is 7.18. The van der Waals surface area contributed by atoms with E-state index in [9.17, 15) is 4.79 Å². The van der Waals surface area contributed by atoms with E-state index in [1.165, 1.54) is 0 Å². The summed E-state index contributed by atoms with van der Waals surface area (Å²) in [5.74, 6) is 2.77. The Bertz CT molecular complexity index is 1160. The SMILES string of the molecule is C#Cc1ccc2c(c1)C(c1ccccc1)=NCc1cnc(C(=O)NCCOCCC)n1-2. The number of fused-ring (bicyclic) bond motifs is 3. The fourth-order valence-corrected chi connectivity index (χ4v) is 3.59. The minimum atomic E-state index is -0.249. The summed E-state index contributed by atoms with van der Waals surface area (Å²) < 4.78 is 7.32. The van der Waals surface area contributed by atoms with Crippen LogP contribution < -0.4 is 5.32 Å². The molecular formula is C25H24N4O2. The Hall–Kier alpha value is -3.69. The molecule has 6 nitrogen and oxygen atoms in total. The Labute approximate surface area is 182 Å². The first-order valence-corrected chi connectivity index (χ1v) is 10.4. The van der Waals surface area contributed by atoms with Gasteiger partial charge in [0.2, 0.25) is 5.82 Å². The molecule has 0 saturated carbocycles. The zero-order valence-corrected chi connectivity index (χ0v) is 17.5. The summed E-state index contributed by atoms with van der Waals surface area (Å²) in [7, 11) is 0. The van der Waals surface area contributed by atoms with Gasteiger partial charge < -0.3 is 10.1 Å². The molecule has 0 radical (unpaired) electrons. The molecule has 1 aliphatic heterocycles. The molecule has 4 rings (SSSR count). The monoisotopic (exact) mass is 412 g/mol. The van der Waals surface area contributed by atoms with Crippen LogP contribution in [0.5, 0.6) is 0 Å². The van der Waals surface area contributed by atoms with Gasteiger partial charge in [-0.1, -0.05) is 43.2 Å². The van der Waals surface area contributed by atoms with Gasteiger partial charge in [0, 0.05) is 29.8 Å². The lowest BCUT2D eigenvalue weighted by Crippen LogP contribution is -2.30. The van der Waals surface area contributed by atoms with Crippen molar-refractivity contribution in [3.63, 3.8) is 0 Å². The van der Waals surface area contributed by atoms with E-state index in [1.807, 2.05) is 60.0 Å². The number of aromatic nitrogens is 2. The van der Waals surface area contributed by atoms with E-state index in [4.69, 9.17) is 16.2 Å². The summed E-state index contributed by atoms with van der Waals surface area (Å²) in [6.45, 7) is 4.03. The lowest BCUT2D eigenvalue weighted by Gasteiger charge is -2.15. The molecule has 1 amide bonds. The minimum Gasteiger partial charge on any atom is -0.380 e. The van der Waals surface area contributed by atoms with Crippen LogP contribution in [0.25, 0.3) is 5.69 Å². The molecule has 31 heavy (non-hydrogen) atoms. The van der Waals surface area contributed by atoms with Crippen LogP contribution in [0.1, 0.15) is 46.3 Å². The fourth-order valence-electron chi connectivity index (χ4n) is 3.59. The number of benzene rings is 2. The Balaban J connectivity index is 1.72. The highest BCUT2D eigenvalue weighted by molar-refractivity contribution is 6.15. The van der Waals surface area contributed by atoms with Crippen molar-refractivity contribution < 1.29 is 9.53 Å². The van der Waals surface area contributed by atoms with Gasteiger partial charge in [0.05, 0.1) is 36.4 Å². The van der Waals surface area contributed by atoms with Crippen molar-refractivity contribution in [2.75, 3.05) is 19.8 Å². The number of nitrogens with one attached hydrogen (secondary N) is 1. The molecule has 0 aliphatic carbocycles. The Morgan fingerprint density at radius 1 is 1.23 bits per heavy atom. The first kappa shape index (κ1) is 20.6. The normalized spacial score (nSPS) is 12.2. The van der Waals surface area contributed by atoms with Crippen LogP contribution in [-0.4, -0.2) is 40.9 Å². The van der Waals surface area contributed by atoms with Gasteiger partial charge in [-0.15, -0.1) is 6.42 Å². The van der Waals surface area contributed by atoms with Crippen LogP contribution in [0.3, 0.4) is 0 Å². The second kappa shape index (κ2) is 9.41. The van der Waals surface area contributed by atoms with Gasteiger partial charge in [-0.3, -0.25) is 14.4 Å². The van der Waals surface area contributed by atoms with E-state index < -0.39 is 0 Å². The van der Waals surface area contributed by atoms with Gasteiger partial charge in [-0.25, -0.2) is 4.98 Å². The third-order valence-electron chi connectivity index (χ3n) is 5.02. The summed E-state index contributed by atoms with van der Waals surface area (Å²) in [5, 5.41) is 2.89. The Morgan fingerprint density at radius 3 is 2.84 bits per heavy atom. The third-order valence-corrected chi connectivity index (χ3v) is 5.02. The second-order valence-electron chi connectivity index (χ2n) is 7.18. The molecule has 3 aromatic rings. The predicted octanol–water partition coefficient (Wildman–Crippen LogP) is 3.36. The first-order chi connectivity index (χ1) is 15.2. The number of amides is 1. The van der Waals surface area contributed by atoms with E-state index in [2.05, 4.69) is 16.2 Å². The number of aliphatic imine (C=N–C) groups is 1. The molecule has 0 bridgehead atoms. The summed E-state index contributed by atoms with van der Waals surface area (Å²) in [6, 6.07) is 15.7. The number of terminal acetylenes is 1. The van der Waals surface area contributed by atoms with Crippen molar-refractivity contribution in [2.45, 2.75) is 19.9 Å². The summed E-state index contributed by atoms with van der Waals surface area (Å²) in [4.78, 5) is 22.1. The average Bonchev–Trinajstić information content (AvgIpc) is 3.16. The van der Waals surface area contributed by atoms with Crippen molar-refractivity contribution in [1.29, 1.82) is 0 Å². The van der Waals surface area contributed by atoms with E-state index in [0.717, 1.165) is 40.2 Å². The highest BCUT2D eigenvalue weighted by atomic mass is 16.5. The van der Waals surface area contributed by atoms with Crippen molar-refractivity contribution in [3.8, 4) is 18.0 Å². The quantitative estimate of drug-likeness (QED) is 0.478. The standard InChI is InChI=1S/C25H24N4O2/c1-3-13-31-14-12-26-25(30)24-28-17-20-16-27-23(19-8-6-5-7-9-19)21-15-18(4-2)10-11-22(21)29(20)24/h2,5-11,15,17H,3,12-14,16H2,1H3,(H,26,30).